The van der Waals surface area contributed by atoms with E-state index >= 15 is 0 Å². The van der Waals surface area contributed by atoms with Crippen LogP contribution in [0.2, 0.25) is 0 Å². The monoisotopic (exact) mass is 315 g/mol. The summed E-state index contributed by atoms with van der Waals surface area (Å²) in [6.45, 7) is 0.802. The number of hydrogen-bond acceptors (Lipinski definition) is 5. The summed E-state index contributed by atoms with van der Waals surface area (Å²) in [6.07, 6.45) is -2.21. The van der Waals surface area contributed by atoms with Crippen LogP contribution < -0.4 is 21.4 Å². The van der Waals surface area contributed by atoms with Crippen LogP contribution in [0.15, 0.2) is 11.1 Å². The van der Waals surface area contributed by atoms with Gasteiger partial charge in [0.2, 0.25) is 5.75 Å². The van der Waals surface area contributed by atoms with Gasteiger partial charge in [0.25, 0.3) is 5.69 Å². The number of alkyl halides is 3. The summed E-state index contributed by atoms with van der Waals surface area (Å²) in [5, 5.41) is 20.6. The first kappa shape index (κ1) is 15.8. The summed E-state index contributed by atoms with van der Waals surface area (Å²) in [4.78, 5) is 13.2. The molecule has 9 heteroatoms. The minimum absolute atomic E-state index is 0.166. The van der Waals surface area contributed by atoms with Gasteiger partial charge in [-0.25, -0.2) is 0 Å². The summed E-state index contributed by atoms with van der Waals surface area (Å²) in [7, 11) is 1.92. The number of aliphatic carboxylic acids is 1. The van der Waals surface area contributed by atoms with E-state index in [1.165, 1.54) is 5.57 Å². The summed E-state index contributed by atoms with van der Waals surface area (Å²) >= 11 is 0. The maximum absolute atomic E-state index is 10.5. The van der Waals surface area contributed by atoms with E-state index in [9.17, 15) is 18.3 Å². The number of nitrogens with zero attached hydrogens (tertiary/aromatic N) is 2. The van der Waals surface area contributed by atoms with Gasteiger partial charge in [-0.1, -0.05) is 0 Å². The molecular weight excluding hydrogens is 303 g/mol. The van der Waals surface area contributed by atoms with Crippen LogP contribution in [0.3, 0.4) is 0 Å². The van der Waals surface area contributed by atoms with Gasteiger partial charge >= 0.3 is 6.18 Å². The Hall–Kier alpha value is -2.58. The fourth-order valence-electron chi connectivity index (χ4n) is 2.30. The van der Waals surface area contributed by atoms with Crippen molar-refractivity contribution >= 4 is 29.1 Å². The predicted molar refractivity (Wildman–Crippen MR) is 69.2 cm³/mol. The minimum atomic E-state index is -5.19. The predicted octanol–water partition coefficient (Wildman–Crippen LogP) is -1.19. The summed E-state index contributed by atoms with van der Waals surface area (Å²) < 4.78 is 33.5. The first-order valence-electron chi connectivity index (χ1n) is 6.18. The Balaban J connectivity index is 0.000000217. The average Bonchev–Trinajstić information content (AvgIpc) is 2.73. The van der Waals surface area contributed by atoms with E-state index in [4.69, 9.17) is 15.6 Å². The number of phenolic OH excluding ortho intramolecular Hbond substituents is 1. The lowest BCUT2D eigenvalue weighted by molar-refractivity contribution is -0.397. The normalized spacial score (nSPS) is 15.3. The zero-order valence-corrected chi connectivity index (χ0v) is 11.4. The Morgan fingerprint density at radius 3 is 2.64 bits per heavy atom. The van der Waals surface area contributed by atoms with Crippen LogP contribution >= 0.6 is 0 Å². The third-order valence-corrected chi connectivity index (χ3v) is 3.20. The molecule has 1 aromatic carbocycles. The molecule has 3 N–H and O–H groups in total. The maximum Gasteiger partial charge on any atom is 0.430 e. The van der Waals surface area contributed by atoms with Crippen LogP contribution in [0.25, 0.3) is 5.57 Å². The molecule has 0 spiro atoms. The van der Waals surface area contributed by atoms with Gasteiger partial charge in [-0.2, -0.15) is 17.7 Å². The molecule has 0 saturated heterocycles. The van der Waals surface area contributed by atoms with Crippen LogP contribution in [0, 0.1) is 0 Å². The number of phenols is 1. The average molecular weight is 315 g/mol. The van der Waals surface area contributed by atoms with Gasteiger partial charge in [-0.15, -0.1) is 0 Å². The van der Waals surface area contributed by atoms with E-state index in [1.807, 2.05) is 17.8 Å². The number of halogens is 3. The number of carbonyl (C=O) groups excluding carboxylic acids is 1. The third-order valence-electron chi connectivity index (χ3n) is 3.20. The molecule has 22 heavy (non-hydrogen) atoms. The Morgan fingerprint density at radius 2 is 2.09 bits per heavy atom. The second-order valence-corrected chi connectivity index (χ2v) is 4.74. The molecule has 2 aliphatic rings. The van der Waals surface area contributed by atoms with E-state index in [0.717, 1.165) is 29.2 Å². The van der Waals surface area contributed by atoms with Gasteiger partial charge in [0.1, 0.15) is 13.0 Å². The molecule has 0 bridgehead atoms. The van der Waals surface area contributed by atoms with E-state index in [1.54, 1.807) is 6.07 Å². The van der Waals surface area contributed by atoms with Crippen molar-refractivity contribution in [1.82, 2.24) is 0 Å². The van der Waals surface area contributed by atoms with Gasteiger partial charge in [0.15, 0.2) is 6.21 Å². The lowest BCUT2D eigenvalue weighted by Gasteiger charge is -2.04. The number of carboxylic acid groups (broad SMARTS) is 1. The van der Waals surface area contributed by atoms with Crippen molar-refractivity contribution in [3.05, 3.63) is 16.6 Å². The minimum Gasteiger partial charge on any atom is -0.542 e. The van der Waals surface area contributed by atoms with Crippen molar-refractivity contribution in [2.75, 3.05) is 19.3 Å². The highest BCUT2D eigenvalue weighted by Gasteiger charge is 2.29. The van der Waals surface area contributed by atoms with E-state index in [2.05, 4.69) is 4.99 Å². The number of benzene rings is 1. The Bertz CT molecular complexity index is 797. The lowest BCUT2D eigenvalue weighted by Crippen LogP contribution is -2.37. The highest BCUT2D eigenvalue weighted by molar-refractivity contribution is 6.03. The van der Waals surface area contributed by atoms with E-state index in [0.29, 0.717) is 5.69 Å². The first-order chi connectivity index (χ1) is 10.1. The van der Waals surface area contributed by atoms with Gasteiger partial charge in [-0.05, 0) is 12.5 Å². The number of carbonyl (C=O) groups is 1. The first-order valence-corrected chi connectivity index (χ1v) is 6.18. The molecule has 2 aliphatic heterocycles. The van der Waals surface area contributed by atoms with E-state index in [-0.39, 0.29) is 5.75 Å². The second-order valence-electron chi connectivity index (χ2n) is 4.74. The molecule has 118 valence electrons. The van der Waals surface area contributed by atoms with Crippen LogP contribution in [0.4, 0.5) is 24.5 Å². The quantitative estimate of drug-likeness (QED) is 0.357. The molecule has 1 aromatic rings. The molecule has 0 atom stereocenters. The van der Waals surface area contributed by atoms with Crippen LogP contribution in [-0.4, -0.2) is 41.6 Å². The van der Waals surface area contributed by atoms with Gasteiger partial charge < -0.3 is 20.7 Å². The van der Waals surface area contributed by atoms with Crippen LogP contribution in [0.5, 0.6) is 5.75 Å². The zero-order valence-electron chi connectivity index (χ0n) is 11.4. The number of rotatable bonds is 0. The molecule has 3 rings (SSSR count). The highest BCUT2D eigenvalue weighted by atomic mass is 19.4. The fraction of sp³-hybridized carbons (Fsp3) is 0.308. The standard InChI is InChI=1S/C11H11N3O.C2HF3O2/c1-14-5-6-2-3-13-8-4-7(12)11(15)10(14)9(6)8;3-2(4,5)1(6)7/h4-5H,2-3H2,1H3,(H2,12,13);(H,6,7). The summed E-state index contributed by atoms with van der Waals surface area (Å²) in [5.41, 5.74) is 8.18. The van der Waals surface area contributed by atoms with Crippen molar-refractivity contribution in [3.63, 3.8) is 0 Å². The number of aromatic hydroxyl groups is 1. The molecule has 2 heterocycles. The topological polar surface area (TPSA) is 102 Å². The molecule has 0 aliphatic carbocycles. The smallest absolute Gasteiger partial charge is 0.430 e. The Kier molecular flexibility index (Phi) is 3.82. The molecule has 0 radical (unpaired) electrons. The number of nitrogens with two attached hydrogens (primary N) is 1. The zero-order chi connectivity index (χ0) is 16.7. The van der Waals surface area contributed by atoms with Gasteiger partial charge in [0.05, 0.1) is 16.3 Å². The second kappa shape index (κ2) is 5.32. The van der Waals surface area contributed by atoms with Crippen molar-refractivity contribution < 1.29 is 32.8 Å². The maximum atomic E-state index is 10.5. The number of anilines is 1. The third kappa shape index (κ3) is 2.74. The SMILES string of the molecule is C[N+]1=CC2=c3c1c(O)c(N)cc3=NCC2.O=C([O-])C(F)(F)F. The molecule has 0 aromatic heterocycles. The molecule has 0 unspecified atom stereocenters. The van der Waals surface area contributed by atoms with Crippen molar-refractivity contribution in [1.29, 1.82) is 0 Å². The largest absolute Gasteiger partial charge is 0.542 e. The van der Waals surface area contributed by atoms with Gasteiger partial charge in [-0.3, -0.25) is 4.99 Å². The van der Waals surface area contributed by atoms with E-state index < -0.39 is 12.1 Å². The lowest BCUT2D eigenvalue weighted by atomic mass is 10.1. The van der Waals surface area contributed by atoms with Crippen molar-refractivity contribution in [2.45, 2.75) is 12.6 Å². The molecule has 0 fully saturated rings. The number of carboxylic acids is 1. The Labute approximate surface area is 122 Å². The fourth-order valence-corrected chi connectivity index (χ4v) is 2.30. The van der Waals surface area contributed by atoms with Crippen LogP contribution in [0.1, 0.15) is 6.42 Å². The number of nitrogen functional groups attached to an aromatic ring is 1. The summed E-state index contributed by atoms with van der Waals surface area (Å²) in [5.74, 6) is -2.84. The molecule has 0 amide bonds. The highest BCUT2D eigenvalue weighted by Crippen LogP contribution is 2.29. The molecular formula is C13H12F3N3O3. The van der Waals surface area contributed by atoms with Crippen molar-refractivity contribution in [3.8, 4) is 5.75 Å². The molecule has 0 saturated carbocycles. The van der Waals surface area contributed by atoms with Gasteiger partial charge in [0, 0.05) is 12.1 Å². The Morgan fingerprint density at radius 1 is 1.50 bits per heavy atom. The van der Waals surface area contributed by atoms with Crippen molar-refractivity contribution in [2.24, 2.45) is 4.99 Å². The summed E-state index contributed by atoms with van der Waals surface area (Å²) in [6, 6.07) is 1.75. The molecule has 6 nitrogen and oxygen atoms in total. The number of hydrogen-bond donors (Lipinski definition) is 2. The van der Waals surface area contributed by atoms with Crippen LogP contribution in [-0.2, 0) is 4.79 Å².